The number of hydrogen-bond donors (Lipinski definition) is 11. The fraction of sp³-hybridized carbons (Fsp3) is 0.619. The molecule has 53 heavy (non-hydrogen) atoms. The van der Waals surface area contributed by atoms with Crippen LogP contribution < -0.4 is 45.8 Å². The standard InChI is InChI=1S/C21H40N11O18P3/c22-10(3-1-6-29-19(25)26)17(35)45-47-53(42,48-46-18(36)11(23)4-2-7-30-20(27)28)50-52(40,41)49-51(38,39)43-9-12-14(33)15(34)16(44-12)32-8-5-13(24)31-21(32)37/h5,8,10-12,14-16,33-34H,1-4,6-7,9,22-23H2,(H,38,39)(H,40,41)(H2,24,31,37)(H4,25,26,29)(H4,27,28,30)/t10?,11?,12-,14-,15-,16-,53?/m0/s1. The number of carbonyl (C=O) groups is 2. The van der Waals surface area contributed by atoms with Gasteiger partial charge in [0, 0.05) is 19.3 Å². The van der Waals surface area contributed by atoms with Crippen molar-refractivity contribution in [3.63, 3.8) is 0 Å². The van der Waals surface area contributed by atoms with Gasteiger partial charge in [-0.1, -0.05) is 9.35 Å². The molecular weight excluding hydrogens is 787 g/mol. The number of nitrogens with two attached hydrogens (primary N) is 7. The highest BCUT2D eigenvalue weighted by Gasteiger charge is 2.49. The highest BCUT2D eigenvalue weighted by Crippen LogP contribution is 2.69. The number of carbonyl (C=O) groups excluding carboxylic acids is 2. The third kappa shape index (κ3) is 15.7. The summed E-state index contributed by atoms with van der Waals surface area (Å²) in [6, 6.07) is -1.89. The van der Waals surface area contributed by atoms with E-state index in [0.717, 1.165) is 16.8 Å². The molecule has 0 radical (unpaired) electrons. The molecular formula is C21H40N11O18P3. The van der Waals surface area contributed by atoms with Gasteiger partial charge in [0.1, 0.15) is 36.2 Å². The van der Waals surface area contributed by atoms with E-state index in [1.54, 1.807) is 0 Å². The summed E-state index contributed by atoms with van der Waals surface area (Å²) in [4.78, 5) is 76.1. The number of anilines is 1. The lowest BCUT2D eigenvalue weighted by Gasteiger charge is -2.21. The molecule has 0 aromatic carbocycles. The fourth-order valence-corrected chi connectivity index (χ4v) is 7.32. The Morgan fingerprint density at radius 2 is 1.40 bits per heavy atom. The van der Waals surface area contributed by atoms with Gasteiger partial charge in [0.2, 0.25) is 0 Å². The smallest absolute Gasteiger partial charge is 0.387 e. The third-order valence-corrected chi connectivity index (χ3v) is 10.5. The number of aromatic nitrogens is 2. The van der Waals surface area contributed by atoms with Gasteiger partial charge in [-0.25, -0.2) is 28.1 Å². The van der Waals surface area contributed by atoms with Crippen LogP contribution in [-0.4, -0.2) is 104 Å². The van der Waals surface area contributed by atoms with Gasteiger partial charge in [-0.05, 0) is 31.7 Å². The maximum absolute atomic E-state index is 13.2. The number of nitrogens with zero attached hydrogens (tertiary/aromatic N) is 4. The number of aliphatic imine (C=N–C) groups is 2. The molecule has 0 aliphatic carbocycles. The predicted molar refractivity (Wildman–Crippen MR) is 174 cm³/mol. The highest BCUT2D eigenvalue weighted by molar-refractivity contribution is 7.67. The molecule has 1 fully saturated rings. The van der Waals surface area contributed by atoms with Gasteiger partial charge in [0.15, 0.2) is 18.1 Å². The highest BCUT2D eigenvalue weighted by atomic mass is 31.3. The van der Waals surface area contributed by atoms with Crippen molar-refractivity contribution in [3.05, 3.63) is 22.7 Å². The number of rotatable bonds is 22. The van der Waals surface area contributed by atoms with Gasteiger partial charge in [-0.2, -0.15) is 13.6 Å². The summed E-state index contributed by atoms with van der Waals surface area (Å²) in [7, 11) is -18.0. The molecule has 0 bridgehead atoms. The Morgan fingerprint density at radius 1 is 0.887 bits per heavy atom. The molecule has 1 aliphatic heterocycles. The van der Waals surface area contributed by atoms with Crippen molar-refractivity contribution >= 4 is 53.1 Å². The first-order chi connectivity index (χ1) is 24.5. The summed E-state index contributed by atoms with van der Waals surface area (Å²) >= 11 is 0. The Labute approximate surface area is 298 Å². The van der Waals surface area contributed by atoms with Gasteiger partial charge in [-0.15, -0.1) is 0 Å². The lowest BCUT2D eigenvalue weighted by Crippen LogP contribution is -2.36. The van der Waals surface area contributed by atoms with Crippen molar-refractivity contribution < 1.29 is 80.3 Å². The van der Waals surface area contributed by atoms with E-state index in [0.29, 0.717) is 0 Å². The van der Waals surface area contributed by atoms with Crippen molar-refractivity contribution in [1.29, 1.82) is 0 Å². The molecule has 0 spiro atoms. The van der Waals surface area contributed by atoms with Crippen LogP contribution in [-0.2, 0) is 60.3 Å². The molecule has 1 aliphatic rings. The molecule has 0 saturated carbocycles. The summed E-state index contributed by atoms with van der Waals surface area (Å²) in [6.45, 7) is -1.11. The van der Waals surface area contributed by atoms with Gasteiger partial charge >= 0.3 is 41.1 Å². The van der Waals surface area contributed by atoms with Gasteiger partial charge < -0.3 is 64.9 Å². The predicted octanol–water partition coefficient (Wildman–Crippen LogP) is -4.49. The monoisotopic (exact) mass is 827 g/mol. The van der Waals surface area contributed by atoms with E-state index in [-0.39, 0.29) is 56.5 Å². The summed E-state index contributed by atoms with van der Waals surface area (Å²) in [5, 5.41) is 20.6. The number of aliphatic hydroxyl groups excluding tert-OH is 2. The van der Waals surface area contributed by atoms with Gasteiger partial charge in [0.05, 0.1) is 6.61 Å². The summed E-state index contributed by atoms with van der Waals surface area (Å²) in [5.74, 6) is -3.68. The van der Waals surface area contributed by atoms with Crippen LogP contribution in [0, 0.1) is 0 Å². The Bertz CT molecular complexity index is 1630. The molecule has 8 atom stereocenters. The first-order valence-corrected chi connectivity index (χ1v) is 19.1. The number of aliphatic hydroxyl groups is 2. The maximum atomic E-state index is 13.2. The Hall–Kier alpha value is -3.63. The van der Waals surface area contributed by atoms with Crippen LogP contribution in [0.3, 0.4) is 0 Å². The Balaban J connectivity index is 2.12. The Kier molecular flexibility index (Phi) is 17.3. The second-order valence-corrected chi connectivity index (χ2v) is 15.1. The zero-order valence-electron chi connectivity index (χ0n) is 27.2. The van der Waals surface area contributed by atoms with Crippen molar-refractivity contribution in [2.45, 2.75) is 62.3 Å². The van der Waals surface area contributed by atoms with Crippen LogP contribution in [0.4, 0.5) is 5.82 Å². The minimum Gasteiger partial charge on any atom is -0.387 e. The zero-order chi connectivity index (χ0) is 40.1. The fourth-order valence-electron chi connectivity index (χ4n) is 3.78. The minimum absolute atomic E-state index is 0.0263. The van der Waals surface area contributed by atoms with E-state index >= 15 is 0 Å². The third-order valence-electron chi connectivity index (χ3n) is 6.24. The summed E-state index contributed by atoms with van der Waals surface area (Å²) in [5.41, 5.74) is 36.4. The second kappa shape index (κ2) is 20.2. The first-order valence-electron chi connectivity index (χ1n) is 14.7. The number of hydrogen-bond acceptors (Lipinski definition) is 22. The van der Waals surface area contributed by atoms with Crippen LogP contribution in [0.25, 0.3) is 0 Å². The van der Waals surface area contributed by atoms with Crippen LogP contribution in [0.5, 0.6) is 0 Å². The van der Waals surface area contributed by atoms with Crippen molar-refractivity contribution in [3.8, 4) is 0 Å². The minimum atomic E-state index is -6.22. The number of guanidine groups is 2. The zero-order valence-corrected chi connectivity index (χ0v) is 29.9. The van der Waals surface area contributed by atoms with Gasteiger partial charge in [-0.3, -0.25) is 28.9 Å². The largest absolute Gasteiger partial charge is 0.556 e. The number of phosphoric ester groups is 1. The number of phosphoric acid groups is 3. The molecule has 2 heterocycles. The van der Waals surface area contributed by atoms with Crippen molar-refractivity contribution in [1.82, 2.24) is 9.55 Å². The van der Waals surface area contributed by atoms with Crippen LogP contribution >= 0.6 is 23.5 Å². The van der Waals surface area contributed by atoms with E-state index in [4.69, 9.17) is 44.9 Å². The maximum Gasteiger partial charge on any atom is 0.556 e. The lowest BCUT2D eigenvalue weighted by atomic mass is 10.1. The van der Waals surface area contributed by atoms with Crippen molar-refractivity contribution in [2.75, 3.05) is 25.4 Å². The molecule has 32 heteroatoms. The molecule has 2 rings (SSSR count). The lowest BCUT2D eigenvalue weighted by molar-refractivity contribution is -0.261. The first kappa shape index (κ1) is 45.5. The molecule has 29 nitrogen and oxygen atoms in total. The molecule has 1 aromatic heterocycles. The SMILES string of the molecule is NC(N)=NCCCC(N)C(=O)OOP(=O)(OOC(=O)C(N)CCCN=C(N)N)OP(=O)(O)OP(=O)(O)OC[C@@H]1O[C@H](n2ccc(N)nc2=O)[C@@H](O)[C@H]1O. The number of nitrogen functional groups attached to an aromatic ring is 1. The Morgan fingerprint density at radius 3 is 1.87 bits per heavy atom. The van der Waals surface area contributed by atoms with E-state index < -0.39 is 84.3 Å². The molecule has 1 aromatic rings. The average molecular weight is 828 g/mol. The molecule has 4 unspecified atom stereocenters. The van der Waals surface area contributed by atoms with Gasteiger partial charge in [0.25, 0.3) is 0 Å². The van der Waals surface area contributed by atoms with E-state index in [9.17, 15) is 48.1 Å². The normalized spacial score (nSPS) is 23.0. The van der Waals surface area contributed by atoms with E-state index in [1.165, 1.54) is 0 Å². The van der Waals surface area contributed by atoms with Crippen LogP contribution in [0.1, 0.15) is 31.9 Å². The topological polar surface area (TPSA) is 482 Å². The van der Waals surface area contributed by atoms with Crippen LogP contribution in [0.2, 0.25) is 0 Å². The molecule has 0 amide bonds. The van der Waals surface area contributed by atoms with E-state index in [2.05, 4.69) is 47.2 Å². The molecule has 1 saturated heterocycles. The average Bonchev–Trinajstić information content (AvgIpc) is 3.33. The second-order valence-electron chi connectivity index (χ2n) is 10.5. The summed E-state index contributed by atoms with van der Waals surface area (Å²) in [6.07, 6.45) is -6.04. The summed E-state index contributed by atoms with van der Waals surface area (Å²) < 4.78 is 65.5. The molecule has 18 N–H and O–H groups in total. The van der Waals surface area contributed by atoms with Crippen molar-refractivity contribution in [2.24, 2.45) is 44.4 Å². The quantitative estimate of drug-likeness (QED) is 0.0131. The molecule has 302 valence electrons. The van der Waals surface area contributed by atoms with E-state index in [1.807, 2.05) is 0 Å². The number of ether oxygens (including phenoxy) is 1. The van der Waals surface area contributed by atoms with Crippen LogP contribution in [0.15, 0.2) is 27.0 Å².